The summed E-state index contributed by atoms with van der Waals surface area (Å²) in [4.78, 5) is 54.9. The SMILES string of the molecule is C=C1CCC(C)[C@@H](C(=O)Nc2nc(Br)ccc2C)N1C(=O)Cn1cc(C(C)=O)c2cc(-c3cnc(C)nc3)cc(C)c21. The lowest BCUT2D eigenvalue weighted by atomic mass is 9.88. The van der Waals surface area contributed by atoms with E-state index in [2.05, 4.69) is 42.8 Å². The Hall–Kier alpha value is -4.18. The van der Waals surface area contributed by atoms with Gasteiger partial charge < -0.3 is 14.8 Å². The number of halogens is 1. The molecule has 2 amide bonds. The van der Waals surface area contributed by atoms with E-state index in [1.807, 2.05) is 52.0 Å². The first kappa shape index (κ1) is 29.3. The molecule has 0 spiro atoms. The van der Waals surface area contributed by atoms with Crippen molar-refractivity contribution in [3.05, 3.63) is 82.2 Å². The Morgan fingerprint density at radius 1 is 1.07 bits per heavy atom. The Morgan fingerprint density at radius 2 is 1.79 bits per heavy atom. The number of anilines is 1. The van der Waals surface area contributed by atoms with Gasteiger partial charge in [0.15, 0.2) is 5.78 Å². The van der Waals surface area contributed by atoms with E-state index in [1.165, 1.54) is 11.8 Å². The van der Waals surface area contributed by atoms with Gasteiger partial charge in [0, 0.05) is 40.8 Å². The minimum absolute atomic E-state index is 0.0543. The number of fused-ring (bicyclic) bond motifs is 1. The topological polar surface area (TPSA) is 110 Å². The molecule has 0 aliphatic carbocycles. The average molecular weight is 630 g/mol. The number of carbonyl (C=O) groups excluding carboxylic acids is 3. The quantitative estimate of drug-likeness (QED) is 0.202. The van der Waals surface area contributed by atoms with Crippen molar-refractivity contribution in [3.8, 4) is 11.1 Å². The van der Waals surface area contributed by atoms with E-state index in [0.717, 1.165) is 39.6 Å². The number of benzene rings is 1. The van der Waals surface area contributed by atoms with Crippen LogP contribution in [-0.4, -0.2) is 48.1 Å². The summed E-state index contributed by atoms with van der Waals surface area (Å²) in [5, 5.41) is 3.68. The number of allylic oxidation sites excluding steroid dienone is 1. The molecule has 0 bridgehead atoms. The van der Waals surface area contributed by atoms with Crippen LogP contribution in [0.3, 0.4) is 0 Å². The summed E-state index contributed by atoms with van der Waals surface area (Å²) in [7, 11) is 0. The Labute approximate surface area is 253 Å². The molecular weight excluding hydrogens is 596 g/mol. The van der Waals surface area contributed by atoms with Crippen LogP contribution < -0.4 is 5.32 Å². The third-order valence-electron chi connectivity index (χ3n) is 7.85. The smallest absolute Gasteiger partial charge is 0.248 e. The molecule has 0 radical (unpaired) electrons. The molecule has 216 valence electrons. The number of hydrogen-bond donors (Lipinski definition) is 1. The summed E-state index contributed by atoms with van der Waals surface area (Å²) < 4.78 is 2.41. The Morgan fingerprint density at radius 3 is 2.48 bits per heavy atom. The molecule has 1 aromatic carbocycles. The van der Waals surface area contributed by atoms with Gasteiger partial charge in [-0.3, -0.25) is 14.4 Å². The number of Topliss-reactive ketones (excluding diaryl/α,β-unsaturated/α-hetero) is 1. The highest BCUT2D eigenvalue weighted by atomic mass is 79.9. The maximum atomic E-state index is 14.0. The molecule has 1 N–H and O–H groups in total. The number of aromatic nitrogens is 4. The summed E-state index contributed by atoms with van der Waals surface area (Å²) in [6.07, 6.45) is 6.59. The number of carbonyl (C=O) groups is 3. The van der Waals surface area contributed by atoms with Crippen LogP contribution in [0, 0.1) is 26.7 Å². The number of amides is 2. The Kier molecular flexibility index (Phi) is 8.10. The van der Waals surface area contributed by atoms with Crippen LogP contribution in [-0.2, 0) is 16.1 Å². The normalized spacial score (nSPS) is 17.0. The van der Waals surface area contributed by atoms with Gasteiger partial charge in [-0.2, -0.15) is 0 Å². The van der Waals surface area contributed by atoms with E-state index in [9.17, 15) is 14.4 Å². The van der Waals surface area contributed by atoms with Crippen molar-refractivity contribution in [1.82, 2.24) is 24.4 Å². The number of ketones is 1. The molecule has 2 atom stereocenters. The van der Waals surface area contributed by atoms with Crippen LogP contribution in [0.25, 0.3) is 22.0 Å². The molecule has 4 aromatic rings. The molecule has 9 nitrogen and oxygen atoms in total. The van der Waals surface area contributed by atoms with E-state index < -0.39 is 6.04 Å². The molecule has 5 rings (SSSR count). The molecular formula is C32H33BrN6O3. The number of aryl methyl sites for hydroxylation is 3. The highest BCUT2D eigenvalue weighted by molar-refractivity contribution is 9.10. The third-order valence-corrected chi connectivity index (χ3v) is 8.29. The standard InChI is InChI=1S/C32H33BrN6O3/c1-17-7-9-20(4)39(30(17)32(42)37-31-18(2)8-10-27(33)36-31)28(41)16-38-15-26(21(5)40)25-12-23(11-19(3)29(25)38)24-13-34-22(6)35-14-24/h8,10-15,17,30H,4,7,9,16H2,1-3,5-6H3,(H,36,37,42)/t17?,30-/m0/s1. The van der Waals surface area contributed by atoms with E-state index in [0.29, 0.717) is 33.9 Å². The number of nitrogens with zero attached hydrogens (tertiary/aromatic N) is 5. The first-order chi connectivity index (χ1) is 19.9. The Bertz CT molecular complexity index is 1740. The summed E-state index contributed by atoms with van der Waals surface area (Å²) in [5.74, 6) is 0.337. The zero-order chi connectivity index (χ0) is 30.3. The maximum Gasteiger partial charge on any atom is 0.248 e. The highest BCUT2D eigenvalue weighted by Gasteiger charge is 2.39. The van der Waals surface area contributed by atoms with Gasteiger partial charge in [-0.15, -0.1) is 0 Å². The van der Waals surface area contributed by atoms with Gasteiger partial charge >= 0.3 is 0 Å². The molecule has 4 heterocycles. The molecule has 1 saturated heterocycles. The lowest BCUT2D eigenvalue weighted by Gasteiger charge is -2.40. The lowest BCUT2D eigenvalue weighted by Crippen LogP contribution is -2.53. The number of pyridine rings is 1. The van der Waals surface area contributed by atoms with Gasteiger partial charge in [0.1, 0.15) is 28.8 Å². The minimum atomic E-state index is -0.748. The fourth-order valence-corrected chi connectivity index (χ4v) is 5.95. The monoisotopic (exact) mass is 628 g/mol. The number of rotatable bonds is 6. The second-order valence-electron chi connectivity index (χ2n) is 11.0. The van der Waals surface area contributed by atoms with E-state index >= 15 is 0 Å². The summed E-state index contributed by atoms with van der Waals surface area (Å²) in [6, 6.07) is 6.87. The van der Waals surface area contributed by atoms with E-state index in [4.69, 9.17) is 0 Å². The third kappa shape index (κ3) is 5.63. The van der Waals surface area contributed by atoms with Crippen molar-refractivity contribution < 1.29 is 14.4 Å². The van der Waals surface area contributed by atoms with Crippen LogP contribution in [0.1, 0.15) is 54.0 Å². The van der Waals surface area contributed by atoms with Gasteiger partial charge in [-0.05, 0) is 97.3 Å². The fraction of sp³-hybridized carbons (Fsp3) is 0.312. The van der Waals surface area contributed by atoms with Crippen LogP contribution in [0.5, 0.6) is 0 Å². The predicted octanol–water partition coefficient (Wildman–Crippen LogP) is 6.16. The van der Waals surface area contributed by atoms with Crippen molar-refractivity contribution in [3.63, 3.8) is 0 Å². The maximum absolute atomic E-state index is 14.0. The van der Waals surface area contributed by atoms with Crippen molar-refractivity contribution in [2.75, 3.05) is 5.32 Å². The molecule has 10 heteroatoms. The Balaban J connectivity index is 1.50. The minimum Gasteiger partial charge on any atom is -0.337 e. The van der Waals surface area contributed by atoms with E-state index in [-0.39, 0.29) is 30.1 Å². The summed E-state index contributed by atoms with van der Waals surface area (Å²) in [6.45, 7) is 13.2. The predicted molar refractivity (Wildman–Crippen MR) is 166 cm³/mol. The molecule has 1 aliphatic heterocycles. The number of hydrogen-bond acceptors (Lipinski definition) is 6. The average Bonchev–Trinajstić information content (AvgIpc) is 3.31. The van der Waals surface area contributed by atoms with Crippen molar-refractivity contribution in [2.24, 2.45) is 5.92 Å². The van der Waals surface area contributed by atoms with Crippen LogP contribution in [0.15, 0.2) is 59.7 Å². The zero-order valence-electron chi connectivity index (χ0n) is 24.4. The van der Waals surface area contributed by atoms with Gasteiger partial charge in [0.25, 0.3) is 0 Å². The highest BCUT2D eigenvalue weighted by Crippen LogP contribution is 2.34. The number of piperidine rings is 1. The van der Waals surface area contributed by atoms with Gasteiger partial charge in [-0.25, -0.2) is 15.0 Å². The fourth-order valence-electron chi connectivity index (χ4n) is 5.64. The van der Waals surface area contributed by atoms with Crippen molar-refractivity contribution in [2.45, 2.75) is 60.0 Å². The zero-order valence-corrected chi connectivity index (χ0v) is 25.9. The van der Waals surface area contributed by atoms with Gasteiger partial charge in [0.05, 0.1) is 5.52 Å². The van der Waals surface area contributed by atoms with Gasteiger partial charge in [-0.1, -0.05) is 19.6 Å². The molecule has 1 unspecified atom stereocenters. The summed E-state index contributed by atoms with van der Waals surface area (Å²) >= 11 is 3.36. The molecule has 0 saturated carbocycles. The second kappa shape index (κ2) is 11.6. The molecule has 42 heavy (non-hydrogen) atoms. The largest absolute Gasteiger partial charge is 0.337 e. The van der Waals surface area contributed by atoms with Crippen molar-refractivity contribution >= 4 is 50.2 Å². The van der Waals surface area contributed by atoms with Crippen molar-refractivity contribution in [1.29, 1.82) is 0 Å². The molecule has 1 aliphatic rings. The van der Waals surface area contributed by atoms with E-state index in [1.54, 1.807) is 23.2 Å². The molecule has 3 aromatic heterocycles. The first-order valence-corrected chi connectivity index (χ1v) is 14.6. The summed E-state index contributed by atoms with van der Waals surface area (Å²) in [5.41, 5.74) is 5.35. The van der Waals surface area contributed by atoms with Crippen LogP contribution in [0.2, 0.25) is 0 Å². The molecule has 1 fully saturated rings. The second-order valence-corrected chi connectivity index (χ2v) is 11.8. The number of likely N-dealkylation sites (tertiary alicyclic amines) is 1. The number of nitrogens with one attached hydrogen (secondary N) is 1. The van der Waals surface area contributed by atoms with Crippen LogP contribution in [0.4, 0.5) is 5.82 Å². The van der Waals surface area contributed by atoms with Gasteiger partial charge in [0.2, 0.25) is 11.8 Å². The van der Waals surface area contributed by atoms with Crippen LogP contribution >= 0.6 is 15.9 Å². The first-order valence-electron chi connectivity index (χ1n) is 13.8. The lowest BCUT2D eigenvalue weighted by molar-refractivity contribution is -0.139.